The molecular weight excluding hydrogens is 350 g/mol. The average Bonchev–Trinajstić information content (AvgIpc) is 2.79. The zero-order valence-electron chi connectivity index (χ0n) is 9.39. The van der Waals surface area contributed by atoms with Crippen molar-refractivity contribution in [1.82, 2.24) is 15.0 Å². The molecule has 0 aliphatic carbocycles. The predicted octanol–water partition coefficient (Wildman–Crippen LogP) is 3.49. The third-order valence-electron chi connectivity index (χ3n) is 2.32. The van der Waals surface area contributed by atoms with Gasteiger partial charge in [0, 0.05) is 6.07 Å². The van der Waals surface area contributed by atoms with E-state index in [1.165, 1.54) is 0 Å². The molecule has 0 bridgehead atoms. The van der Waals surface area contributed by atoms with E-state index in [0.717, 1.165) is 21.6 Å². The van der Waals surface area contributed by atoms with Gasteiger partial charge in [-0.15, -0.1) is 5.10 Å². The summed E-state index contributed by atoms with van der Waals surface area (Å²) in [7, 11) is 1.64. The first kappa shape index (κ1) is 12.6. The first-order chi connectivity index (χ1) is 8.11. The van der Waals surface area contributed by atoms with Crippen LogP contribution >= 0.6 is 31.9 Å². The summed E-state index contributed by atoms with van der Waals surface area (Å²) in [5.41, 5.74) is 1.81. The lowest BCUT2D eigenvalue weighted by molar-refractivity contribution is 0.412. The van der Waals surface area contributed by atoms with Gasteiger partial charge in [-0.2, -0.15) is 0 Å². The summed E-state index contributed by atoms with van der Waals surface area (Å²) in [5.74, 6) is 0.770. The highest BCUT2D eigenvalue weighted by atomic mass is 79.9. The van der Waals surface area contributed by atoms with Crippen molar-refractivity contribution in [3.63, 3.8) is 0 Å². The lowest BCUT2D eigenvalue weighted by Gasteiger charge is -2.05. The van der Waals surface area contributed by atoms with E-state index in [9.17, 15) is 0 Å². The summed E-state index contributed by atoms with van der Waals surface area (Å²) in [6.45, 7) is 2.01. The van der Waals surface area contributed by atoms with Gasteiger partial charge in [0.2, 0.25) is 0 Å². The molecule has 1 unspecified atom stereocenters. The number of ether oxygens (including phenoxy) is 1. The van der Waals surface area contributed by atoms with Crippen LogP contribution in [0, 0.1) is 0 Å². The van der Waals surface area contributed by atoms with Crippen molar-refractivity contribution in [2.45, 2.75) is 11.8 Å². The fourth-order valence-electron chi connectivity index (χ4n) is 1.38. The molecule has 1 heterocycles. The molecule has 0 aliphatic rings. The normalized spacial score (nSPS) is 12.5. The predicted molar refractivity (Wildman–Crippen MR) is 73.0 cm³/mol. The fraction of sp³-hybridized carbons (Fsp3) is 0.273. The number of alkyl halides is 1. The average molecular weight is 361 g/mol. The van der Waals surface area contributed by atoms with Crippen molar-refractivity contribution in [3.8, 4) is 11.4 Å². The smallest absolute Gasteiger partial charge is 0.135 e. The number of benzene rings is 1. The van der Waals surface area contributed by atoms with Crippen molar-refractivity contribution in [2.75, 3.05) is 7.11 Å². The maximum atomic E-state index is 5.24. The molecule has 0 N–H and O–H groups in total. The minimum atomic E-state index is 0.189. The second kappa shape index (κ2) is 5.18. The lowest BCUT2D eigenvalue weighted by Crippen LogP contribution is -1.96. The Balaban J connectivity index is 2.38. The Labute approximate surface area is 116 Å². The van der Waals surface area contributed by atoms with Gasteiger partial charge in [-0.1, -0.05) is 21.1 Å². The van der Waals surface area contributed by atoms with Crippen LogP contribution in [0.1, 0.15) is 17.4 Å². The second-order valence-corrected chi connectivity index (χ2v) is 5.75. The topological polar surface area (TPSA) is 39.9 Å². The lowest BCUT2D eigenvalue weighted by atomic mass is 10.3. The molecule has 2 aromatic rings. The Morgan fingerprint density at radius 1 is 1.41 bits per heavy atom. The van der Waals surface area contributed by atoms with Gasteiger partial charge >= 0.3 is 0 Å². The van der Waals surface area contributed by atoms with Crippen molar-refractivity contribution >= 4 is 31.9 Å². The molecule has 4 nitrogen and oxygen atoms in total. The molecule has 0 radical (unpaired) electrons. The van der Waals surface area contributed by atoms with E-state index in [4.69, 9.17) is 4.74 Å². The Bertz CT molecular complexity index is 525. The number of rotatable bonds is 3. The maximum Gasteiger partial charge on any atom is 0.135 e. The van der Waals surface area contributed by atoms with E-state index in [-0.39, 0.29) is 4.83 Å². The Hall–Kier alpha value is -0.880. The minimum absolute atomic E-state index is 0.189. The van der Waals surface area contributed by atoms with Crippen LogP contribution in [0.3, 0.4) is 0 Å². The molecule has 1 atom stereocenters. The molecule has 0 spiro atoms. The van der Waals surface area contributed by atoms with E-state index in [0.29, 0.717) is 0 Å². The minimum Gasteiger partial charge on any atom is -0.495 e. The summed E-state index contributed by atoms with van der Waals surface area (Å²) in [5, 5.41) is 8.16. The first-order valence-corrected chi connectivity index (χ1v) is 6.73. The fourth-order valence-corrected chi connectivity index (χ4v) is 1.99. The summed E-state index contributed by atoms with van der Waals surface area (Å²) < 4.78 is 7.88. The van der Waals surface area contributed by atoms with E-state index in [1.54, 1.807) is 11.8 Å². The van der Waals surface area contributed by atoms with Gasteiger partial charge in [0.15, 0.2) is 0 Å². The summed E-state index contributed by atoms with van der Waals surface area (Å²) in [6.07, 6.45) is 1.89. The highest BCUT2D eigenvalue weighted by Crippen LogP contribution is 2.27. The highest BCUT2D eigenvalue weighted by molar-refractivity contribution is 9.10. The third-order valence-corrected chi connectivity index (χ3v) is 3.44. The van der Waals surface area contributed by atoms with Crippen LogP contribution in [0.2, 0.25) is 0 Å². The third kappa shape index (κ3) is 2.69. The van der Waals surface area contributed by atoms with Crippen LogP contribution in [-0.4, -0.2) is 22.1 Å². The van der Waals surface area contributed by atoms with Crippen LogP contribution in [0.25, 0.3) is 5.69 Å². The number of nitrogens with zero attached hydrogens (tertiary/aromatic N) is 3. The zero-order chi connectivity index (χ0) is 12.4. The van der Waals surface area contributed by atoms with Gasteiger partial charge in [-0.3, -0.25) is 0 Å². The van der Waals surface area contributed by atoms with Crippen molar-refractivity contribution in [2.24, 2.45) is 0 Å². The van der Waals surface area contributed by atoms with Gasteiger partial charge in [0.25, 0.3) is 0 Å². The molecule has 2 rings (SSSR count). The quantitative estimate of drug-likeness (QED) is 0.786. The molecule has 0 saturated carbocycles. The number of hydrogen-bond acceptors (Lipinski definition) is 3. The number of aromatic nitrogens is 3. The summed E-state index contributed by atoms with van der Waals surface area (Å²) >= 11 is 6.87. The van der Waals surface area contributed by atoms with Crippen LogP contribution in [0.4, 0.5) is 0 Å². The zero-order valence-corrected chi connectivity index (χ0v) is 12.6. The highest BCUT2D eigenvalue weighted by Gasteiger charge is 2.09. The molecule has 0 saturated heterocycles. The molecule has 0 fully saturated rings. The van der Waals surface area contributed by atoms with Gasteiger partial charge in [-0.05, 0) is 35.0 Å². The largest absolute Gasteiger partial charge is 0.495 e. The molecule has 1 aromatic heterocycles. The summed E-state index contributed by atoms with van der Waals surface area (Å²) in [6, 6.07) is 5.78. The maximum absolute atomic E-state index is 5.24. The monoisotopic (exact) mass is 359 g/mol. The summed E-state index contributed by atoms with van der Waals surface area (Å²) in [4.78, 5) is 0.189. The first-order valence-electron chi connectivity index (χ1n) is 5.02. The van der Waals surface area contributed by atoms with Crippen molar-refractivity contribution in [1.29, 1.82) is 0 Å². The molecule has 90 valence electrons. The standard InChI is InChI=1S/C11H11Br2N3O/c1-7(12)10-6-16(15-14-10)8-3-4-9(13)11(5-8)17-2/h3-7H,1-2H3. The van der Waals surface area contributed by atoms with E-state index < -0.39 is 0 Å². The van der Waals surface area contributed by atoms with E-state index in [2.05, 4.69) is 42.2 Å². The molecule has 6 heteroatoms. The van der Waals surface area contributed by atoms with Crippen LogP contribution < -0.4 is 4.74 Å². The SMILES string of the molecule is COc1cc(-n2cc(C(C)Br)nn2)ccc1Br. The van der Waals surface area contributed by atoms with Crippen molar-refractivity contribution < 1.29 is 4.74 Å². The van der Waals surface area contributed by atoms with Crippen molar-refractivity contribution in [3.05, 3.63) is 34.6 Å². The molecule has 17 heavy (non-hydrogen) atoms. The Morgan fingerprint density at radius 2 is 2.18 bits per heavy atom. The van der Waals surface area contributed by atoms with Gasteiger partial charge in [0.05, 0.1) is 34.0 Å². The van der Waals surface area contributed by atoms with Gasteiger partial charge in [-0.25, -0.2) is 4.68 Å². The van der Waals surface area contributed by atoms with Gasteiger partial charge < -0.3 is 4.74 Å². The number of hydrogen-bond donors (Lipinski definition) is 0. The number of methoxy groups -OCH3 is 1. The van der Waals surface area contributed by atoms with Crippen LogP contribution in [0.15, 0.2) is 28.9 Å². The van der Waals surface area contributed by atoms with E-state index in [1.807, 2.05) is 31.3 Å². The molecule has 1 aromatic carbocycles. The second-order valence-electron chi connectivity index (χ2n) is 3.52. The number of halogens is 2. The Morgan fingerprint density at radius 3 is 2.76 bits per heavy atom. The van der Waals surface area contributed by atoms with E-state index >= 15 is 0 Å². The van der Waals surface area contributed by atoms with Gasteiger partial charge in [0.1, 0.15) is 5.75 Å². The Kier molecular flexibility index (Phi) is 3.83. The van der Waals surface area contributed by atoms with Crippen LogP contribution in [-0.2, 0) is 0 Å². The molecule has 0 amide bonds. The molecular formula is C11H11Br2N3O. The van der Waals surface area contributed by atoms with Crippen LogP contribution in [0.5, 0.6) is 5.75 Å². The molecule has 0 aliphatic heterocycles.